The summed E-state index contributed by atoms with van der Waals surface area (Å²) in [5, 5.41) is 13.7. The Morgan fingerprint density at radius 3 is 2.25 bits per heavy atom. The van der Waals surface area contributed by atoms with Crippen LogP contribution >= 0.6 is 0 Å². The highest BCUT2D eigenvalue weighted by atomic mass is 16.3. The zero-order valence-electron chi connectivity index (χ0n) is 18.1. The van der Waals surface area contributed by atoms with Crippen molar-refractivity contribution in [3.63, 3.8) is 0 Å². The molecule has 0 aromatic heterocycles. The van der Waals surface area contributed by atoms with Gasteiger partial charge in [0.25, 0.3) is 0 Å². The minimum atomic E-state index is -0.351. The predicted octanol–water partition coefficient (Wildman–Crippen LogP) is 6.43. The van der Waals surface area contributed by atoms with Gasteiger partial charge >= 0.3 is 0 Å². The van der Waals surface area contributed by atoms with Crippen molar-refractivity contribution in [2.24, 2.45) is 0 Å². The Labute approximate surface area is 172 Å². The second-order valence-electron chi connectivity index (χ2n) is 8.56. The normalized spacial score (nSPS) is 15.1. The summed E-state index contributed by atoms with van der Waals surface area (Å²) < 4.78 is 0. The fourth-order valence-corrected chi connectivity index (χ4v) is 4.70. The van der Waals surface area contributed by atoms with Gasteiger partial charge in [-0.2, -0.15) is 0 Å². The van der Waals surface area contributed by atoms with Crippen LogP contribution in [0.4, 0.5) is 0 Å². The highest BCUT2D eigenvalue weighted by Crippen LogP contribution is 2.35. The highest BCUT2D eigenvalue weighted by molar-refractivity contribution is 5.90. The molecule has 1 atom stereocenters. The molecule has 0 saturated heterocycles. The van der Waals surface area contributed by atoms with Crippen molar-refractivity contribution in [1.82, 2.24) is 4.90 Å². The third-order valence-electron chi connectivity index (χ3n) is 6.37. The molecule has 2 aromatic rings. The first-order valence-electron chi connectivity index (χ1n) is 11.7. The van der Waals surface area contributed by atoms with E-state index >= 15 is 0 Å². The van der Waals surface area contributed by atoms with E-state index in [0.717, 1.165) is 24.9 Å². The number of hydrogen-bond donors (Lipinski definition) is 1. The molecule has 28 heavy (non-hydrogen) atoms. The van der Waals surface area contributed by atoms with Crippen molar-refractivity contribution in [3.8, 4) is 0 Å². The summed E-state index contributed by atoms with van der Waals surface area (Å²) in [6, 6.07) is 11.1. The smallest absolute Gasteiger partial charge is 0.0796 e. The number of benzene rings is 2. The lowest BCUT2D eigenvalue weighted by Crippen LogP contribution is -2.27. The molecule has 1 aliphatic rings. The molecule has 2 nitrogen and oxygen atoms in total. The Hall–Kier alpha value is -1.38. The van der Waals surface area contributed by atoms with Gasteiger partial charge in [-0.15, -0.1) is 0 Å². The summed E-state index contributed by atoms with van der Waals surface area (Å²) in [4.78, 5) is 2.60. The molecule has 1 unspecified atom stereocenters. The number of hydrogen-bond acceptors (Lipinski definition) is 2. The summed E-state index contributed by atoms with van der Waals surface area (Å²) in [5.41, 5.74) is 4.17. The average molecular weight is 382 g/mol. The lowest BCUT2D eigenvalue weighted by molar-refractivity contribution is 0.155. The van der Waals surface area contributed by atoms with E-state index < -0.39 is 0 Å². The molecule has 2 aromatic carbocycles. The van der Waals surface area contributed by atoms with Gasteiger partial charge in [0, 0.05) is 0 Å². The molecule has 0 fully saturated rings. The first kappa shape index (κ1) is 21.3. The Morgan fingerprint density at radius 1 is 0.893 bits per heavy atom. The van der Waals surface area contributed by atoms with E-state index in [1.54, 1.807) is 0 Å². The van der Waals surface area contributed by atoms with Crippen molar-refractivity contribution in [3.05, 3.63) is 47.0 Å². The Bertz CT molecular complexity index is 731. The van der Waals surface area contributed by atoms with Crippen LogP contribution in [0.2, 0.25) is 0 Å². The fraction of sp³-hybridized carbons (Fsp3) is 0.615. The quantitative estimate of drug-likeness (QED) is 0.484. The molecule has 154 valence electrons. The van der Waals surface area contributed by atoms with Crippen LogP contribution in [-0.2, 0) is 12.8 Å². The van der Waals surface area contributed by atoms with Crippen molar-refractivity contribution in [2.45, 2.75) is 84.2 Å². The number of unbranched alkanes of at least 4 members (excludes halogenated alkanes) is 2. The van der Waals surface area contributed by atoms with E-state index in [-0.39, 0.29) is 6.10 Å². The summed E-state index contributed by atoms with van der Waals surface area (Å²) in [7, 11) is 0. The Balaban J connectivity index is 1.68. The van der Waals surface area contributed by atoms with Crippen LogP contribution in [-0.4, -0.2) is 29.6 Å². The summed E-state index contributed by atoms with van der Waals surface area (Å²) >= 11 is 0. The van der Waals surface area contributed by atoms with Crippen LogP contribution in [0.1, 0.15) is 88.0 Å². The van der Waals surface area contributed by atoms with E-state index in [1.807, 2.05) is 0 Å². The third-order valence-corrected chi connectivity index (χ3v) is 6.37. The SMILES string of the molecule is CCCCN(CCCC)CCCC(O)c1cc2c(c3ccccc13)CCCC2. The van der Waals surface area contributed by atoms with Gasteiger partial charge < -0.3 is 10.0 Å². The maximum atomic E-state index is 11.1. The van der Waals surface area contributed by atoms with Gasteiger partial charge in [-0.3, -0.25) is 0 Å². The van der Waals surface area contributed by atoms with Gasteiger partial charge in [0.15, 0.2) is 0 Å². The lowest BCUT2D eigenvalue weighted by atomic mass is 9.84. The second-order valence-corrected chi connectivity index (χ2v) is 8.56. The maximum Gasteiger partial charge on any atom is 0.0796 e. The zero-order chi connectivity index (χ0) is 19.8. The molecule has 0 radical (unpaired) electrons. The molecule has 0 aliphatic heterocycles. The van der Waals surface area contributed by atoms with Gasteiger partial charge in [0.2, 0.25) is 0 Å². The third kappa shape index (κ3) is 5.36. The minimum absolute atomic E-state index is 0.351. The molecule has 0 bridgehead atoms. The molecule has 1 aliphatic carbocycles. The van der Waals surface area contributed by atoms with Gasteiger partial charge in [-0.25, -0.2) is 0 Å². The number of rotatable bonds is 11. The van der Waals surface area contributed by atoms with Gasteiger partial charge in [-0.1, -0.05) is 57.0 Å². The van der Waals surface area contributed by atoms with Crippen LogP contribution in [0.15, 0.2) is 30.3 Å². The minimum Gasteiger partial charge on any atom is -0.388 e. The van der Waals surface area contributed by atoms with Crippen molar-refractivity contribution < 1.29 is 5.11 Å². The average Bonchev–Trinajstić information content (AvgIpc) is 2.74. The summed E-state index contributed by atoms with van der Waals surface area (Å²) in [6.45, 7) is 8.05. The van der Waals surface area contributed by atoms with E-state index in [4.69, 9.17) is 0 Å². The highest BCUT2D eigenvalue weighted by Gasteiger charge is 2.19. The predicted molar refractivity (Wildman–Crippen MR) is 121 cm³/mol. The topological polar surface area (TPSA) is 23.5 Å². The number of aliphatic hydroxyl groups excluding tert-OH is 1. The number of aryl methyl sites for hydroxylation is 2. The van der Waals surface area contributed by atoms with Crippen LogP contribution in [0.5, 0.6) is 0 Å². The number of fused-ring (bicyclic) bond motifs is 3. The molecule has 0 heterocycles. The van der Waals surface area contributed by atoms with Crippen molar-refractivity contribution in [2.75, 3.05) is 19.6 Å². The van der Waals surface area contributed by atoms with E-state index in [2.05, 4.69) is 49.1 Å². The van der Waals surface area contributed by atoms with Crippen molar-refractivity contribution in [1.29, 1.82) is 0 Å². The molecular formula is C26H39NO. The van der Waals surface area contributed by atoms with Gasteiger partial charge in [0.05, 0.1) is 6.10 Å². The molecule has 0 saturated carbocycles. The lowest BCUT2D eigenvalue weighted by Gasteiger charge is -2.24. The molecule has 0 amide bonds. The number of aliphatic hydroxyl groups is 1. The summed E-state index contributed by atoms with van der Waals surface area (Å²) in [6.07, 6.45) is 11.6. The number of nitrogens with zero attached hydrogens (tertiary/aromatic N) is 1. The summed E-state index contributed by atoms with van der Waals surface area (Å²) in [5.74, 6) is 0. The van der Waals surface area contributed by atoms with Crippen LogP contribution in [0.3, 0.4) is 0 Å². The molecular weight excluding hydrogens is 342 g/mol. The molecule has 3 rings (SSSR count). The van der Waals surface area contributed by atoms with Gasteiger partial charge in [-0.05, 0) is 98.5 Å². The largest absolute Gasteiger partial charge is 0.388 e. The molecule has 2 heteroatoms. The van der Waals surface area contributed by atoms with Gasteiger partial charge in [0.1, 0.15) is 0 Å². The second kappa shape index (κ2) is 11.0. The standard InChI is InChI=1S/C26H39NO/c1-3-5-17-27(18-6-4-2)19-11-16-26(28)25-20-21-12-7-8-13-22(21)23-14-9-10-15-24(23)25/h9-10,14-15,20,26,28H,3-8,11-13,16-19H2,1-2H3. The van der Waals surface area contributed by atoms with Crippen LogP contribution in [0.25, 0.3) is 10.8 Å². The van der Waals surface area contributed by atoms with Crippen LogP contribution in [0, 0.1) is 0 Å². The Morgan fingerprint density at radius 2 is 1.54 bits per heavy atom. The van der Waals surface area contributed by atoms with E-state index in [1.165, 1.54) is 86.4 Å². The first-order valence-corrected chi connectivity index (χ1v) is 11.7. The van der Waals surface area contributed by atoms with E-state index in [9.17, 15) is 5.11 Å². The van der Waals surface area contributed by atoms with E-state index in [0.29, 0.717) is 0 Å². The molecule has 1 N–H and O–H groups in total. The monoisotopic (exact) mass is 381 g/mol. The maximum absolute atomic E-state index is 11.1. The van der Waals surface area contributed by atoms with Crippen molar-refractivity contribution >= 4 is 10.8 Å². The van der Waals surface area contributed by atoms with Crippen LogP contribution < -0.4 is 0 Å². The zero-order valence-corrected chi connectivity index (χ0v) is 18.1. The first-order chi connectivity index (χ1) is 13.7. The fourth-order valence-electron chi connectivity index (χ4n) is 4.70. The Kier molecular flexibility index (Phi) is 8.36. The molecule has 0 spiro atoms.